The van der Waals surface area contributed by atoms with Gasteiger partial charge in [-0.3, -0.25) is 0 Å². The Hall–Kier alpha value is -1.34. The van der Waals surface area contributed by atoms with Gasteiger partial charge in [0.1, 0.15) is 5.69 Å². The number of aromatic nitrogens is 1. The van der Waals surface area contributed by atoms with Crippen LogP contribution in [0.5, 0.6) is 0 Å². The van der Waals surface area contributed by atoms with Crippen molar-refractivity contribution < 1.29 is 17.9 Å². The summed E-state index contributed by atoms with van der Waals surface area (Å²) in [5.41, 5.74) is 1.23. The Kier molecular flexibility index (Phi) is 4.26. The van der Waals surface area contributed by atoms with E-state index in [9.17, 15) is 13.2 Å². The molecule has 0 radical (unpaired) electrons. The standard InChI is InChI=1S/C12H18N2O4S/c1-18-12(15)11-5-4-9(14-11)7-13-8-10-3-2-6-19(10,16)17/h4-5,10,13-14H,2-3,6-8H2,1H3. The van der Waals surface area contributed by atoms with E-state index in [-0.39, 0.29) is 5.25 Å². The molecule has 0 aromatic carbocycles. The van der Waals surface area contributed by atoms with E-state index in [1.54, 1.807) is 12.1 Å². The highest BCUT2D eigenvalue weighted by Crippen LogP contribution is 2.19. The maximum Gasteiger partial charge on any atom is 0.354 e. The summed E-state index contributed by atoms with van der Waals surface area (Å²) in [6.45, 7) is 0.956. The van der Waals surface area contributed by atoms with Gasteiger partial charge >= 0.3 is 5.97 Å². The minimum Gasteiger partial charge on any atom is -0.464 e. The summed E-state index contributed by atoms with van der Waals surface area (Å²) in [5, 5.41) is 2.83. The van der Waals surface area contributed by atoms with Gasteiger partial charge in [0.05, 0.1) is 18.1 Å². The Morgan fingerprint density at radius 1 is 1.53 bits per heavy atom. The molecule has 106 valence electrons. The van der Waals surface area contributed by atoms with E-state index in [0.29, 0.717) is 24.5 Å². The molecule has 1 fully saturated rings. The highest BCUT2D eigenvalue weighted by Gasteiger charge is 2.30. The highest BCUT2D eigenvalue weighted by atomic mass is 32.2. The Labute approximate surface area is 112 Å². The van der Waals surface area contributed by atoms with Crippen LogP contribution in [-0.4, -0.2) is 44.0 Å². The summed E-state index contributed by atoms with van der Waals surface area (Å²) in [7, 11) is -1.58. The van der Waals surface area contributed by atoms with Gasteiger partial charge in [0.15, 0.2) is 9.84 Å². The van der Waals surface area contributed by atoms with Crippen LogP contribution in [-0.2, 0) is 21.1 Å². The molecule has 0 aliphatic carbocycles. The third kappa shape index (κ3) is 3.36. The predicted octanol–water partition coefficient (Wildman–Crippen LogP) is 0.468. The van der Waals surface area contributed by atoms with Crippen LogP contribution in [0, 0.1) is 0 Å². The van der Waals surface area contributed by atoms with Gasteiger partial charge in [0.25, 0.3) is 0 Å². The molecule has 1 aliphatic heterocycles. The maximum atomic E-state index is 11.6. The number of carbonyl (C=O) groups excluding carboxylic acids is 1. The van der Waals surface area contributed by atoms with Crippen LogP contribution >= 0.6 is 0 Å². The van der Waals surface area contributed by atoms with Crippen LogP contribution in [0.4, 0.5) is 0 Å². The number of aromatic amines is 1. The van der Waals surface area contributed by atoms with Crippen molar-refractivity contribution in [3.05, 3.63) is 23.5 Å². The first-order valence-corrected chi connectivity index (χ1v) is 7.93. The van der Waals surface area contributed by atoms with Crippen molar-refractivity contribution in [3.63, 3.8) is 0 Å². The molecular formula is C12H18N2O4S. The van der Waals surface area contributed by atoms with Gasteiger partial charge in [-0.15, -0.1) is 0 Å². The number of carbonyl (C=O) groups is 1. The van der Waals surface area contributed by atoms with Crippen molar-refractivity contribution in [2.45, 2.75) is 24.6 Å². The SMILES string of the molecule is COC(=O)c1ccc(CNCC2CCCS2(=O)=O)[nH]1. The Balaban J connectivity index is 1.83. The molecule has 0 bridgehead atoms. The van der Waals surface area contributed by atoms with Crippen molar-refractivity contribution in [2.24, 2.45) is 0 Å². The molecule has 1 aliphatic rings. The van der Waals surface area contributed by atoms with Crippen LogP contribution in [0.15, 0.2) is 12.1 Å². The van der Waals surface area contributed by atoms with E-state index < -0.39 is 15.8 Å². The summed E-state index contributed by atoms with van der Waals surface area (Å²) in [4.78, 5) is 14.2. The second-order valence-electron chi connectivity index (χ2n) is 4.65. The van der Waals surface area contributed by atoms with E-state index in [2.05, 4.69) is 15.0 Å². The maximum absolute atomic E-state index is 11.6. The van der Waals surface area contributed by atoms with E-state index in [4.69, 9.17) is 0 Å². The molecule has 1 unspecified atom stereocenters. The summed E-state index contributed by atoms with van der Waals surface area (Å²) in [5.74, 6) is -0.112. The van der Waals surface area contributed by atoms with Gasteiger partial charge in [-0.1, -0.05) is 0 Å². The molecular weight excluding hydrogens is 268 g/mol. The van der Waals surface area contributed by atoms with Gasteiger partial charge < -0.3 is 15.0 Å². The van der Waals surface area contributed by atoms with E-state index >= 15 is 0 Å². The fourth-order valence-electron chi connectivity index (χ4n) is 2.23. The molecule has 7 heteroatoms. The number of hydrogen-bond acceptors (Lipinski definition) is 5. The van der Waals surface area contributed by atoms with Gasteiger partial charge in [-0.05, 0) is 25.0 Å². The Morgan fingerprint density at radius 3 is 2.95 bits per heavy atom. The molecule has 0 spiro atoms. The smallest absolute Gasteiger partial charge is 0.354 e. The van der Waals surface area contributed by atoms with Crippen molar-refractivity contribution in [3.8, 4) is 0 Å². The number of methoxy groups -OCH3 is 1. The molecule has 2 rings (SSSR count). The average Bonchev–Trinajstić information content (AvgIpc) is 2.96. The quantitative estimate of drug-likeness (QED) is 0.768. The van der Waals surface area contributed by atoms with Crippen molar-refractivity contribution >= 4 is 15.8 Å². The second-order valence-corrected chi connectivity index (χ2v) is 7.05. The van der Waals surface area contributed by atoms with Crippen molar-refractivity contribution in [1.82, 2.24) is 10.3 Å². The van der Waals surface area contributed by atoms with Crippen LogP contribution < -0.4 is 5.32 Å². The minimum atomic E-state index is -2.90. The first-order valence-electron chi connectivity index (χ1n) is 6.21. The number of esters is 1. The minimum absolute atomic E-state index is 0.275. The second kappa shape index (κ2) is 5.75. The van der Waals surface area contributed by atoms with E-state index in [1.807, 2.05) is 0 Å². The molecule has 1 atom stereocenters. The average molecular weight is 286 g/mol. The Bertz CT molecular complexity index is 550. The normalized spacial score (nSPS) is 21.4. The number of rotatable bonds is 5. The third-order valence-electron chi connectivity index (χ3n) is 3.30. The molecule has 19 heavy (non-hydrogen) atoms. The zero-order valence-electron chi connectivity index (χ0n) is 10.8. The Morgan fingerprint density at radius 2 is 2.32 bits per heavy atom. The van der Waals surface area contributed by atoms with Crippen LogP contribution in [0.1, 0.15) is 29.0 Å². The fraction of sp³-hybridized carbons (Fsp3) is 0.583. The lowest BCUT2D eigenvalue weighted by atomic mass is 10.2. The zero-order valence-corrected chi connectivity index (χ0v) is 11.6. The number of nitrogens with one attached hydrogen (secondary N) is 2. The summed E-state index contributed by atoms with van der Waals surface area (Å²) in [6, 6.07) is 3.43. The topological polar surface area (TPSA) is 88.3 Å². The molecule has 0 amide bonds. The molecule has 2 heterocycles. The van der Waals surface area contributed by atoms with Gasteiger partial charge in [-0.2, -0.15) is 0 Å². The monoisotopic (exact) mass is 286 g/mol. The summed E-state index contributed by atoms with van der Waals surface area (Å²) < 4.78 is 27.8. The van der Waals surface area contributed by atoms with Crippen LogP contribution in [0.25, 0.3) is 0 Å². The number of H-pyrrole nitrogens is 1. The van der Waals surface area contributed by atoms with E-state index in [1.165, 1.54) is 7.11 Å². The fourth-order valence-corrected chi connectivity index (χ4v) is 4.03. The van der Waals surface area contributed by atoms with Crippen molar-refractivity contribution in [2.75, 3.05) is 19.4 Å². The predicted molar refractivity (Wildman–Crippen MR) is 70.6 cm³/mol. The number of hydrogen-bond donors (Lipinski definition) is 2. The lowest BCUT2D eigenvalue weighted by Gasteiger charge is -2.09. The molecule has 1 aromatic rings. The largest absolute Gasteiger partial charge is 0.464 e. The molecule has 1 aromatic heterocycles. The van der Waals surface area contributed by atoms with Crippen molar-refractivity contribution in [1.29, 1.82) is 0 Å². The van der Waals surface area contributed by atoms with Crippen LogP contribution in [0.2, 0.25) is 0 Å². The summed E-state index contributed by atoms with van der Waals surface area (Å²) in [6.07, 6.45) is 1.48. The number of sulfone groups is 1. The zero-order chi connectivity index (χ0) is 13.9. The van der Waals surface area contributed by atoms with Crippen LogP contribution in [0.3, 0.4) is 0 Å². The molecule has 1 saturated heterocycles. The van der Waals surface area contributed by atoms with Gasteiger partial charge in [0, 0.05) is 18.8 Å². The van der Waals surface area contributed by atoms with E-state index in [0.717, 1.165) is 18.5 Å². The molecule has 2 N–H and O–H groups in total. The first kappa shape index (κ1) is 14.1. The van der Waals surface area contributed by atoms with Gasteiger partial charge in [-0.25, -0.2) is 13.2 Å². The third-order valence-corrected chi connectivity index (χ3v) is 5.58. The number of ether oxygens (including phenoxy) is 1. The highest BCUT2D eigenvalue weighted by molar-refractivity contribution is 7.92. The van der Waals surface area contributed by atoms with Gasteiger partial charge in [0.2, 0.25) is 0 Å². The summed E-state index contributed by atoms with van der Waals surface area (Å²) >= 11 is 0. The lowest BCUT2D eigenvalue weighted by molar-refractivity contribution is 0.0594. The first-order chi connectivity index (χ1) is 9.03. The molecule has 0 saturated carbocycles. The molecule has 6 nitrogen and oxygen atoms in total. The lowest BCUT2D eigenvalue weighted by Crippen LogP contribution is -2.30.